The van der Waals surface area contributed by atoms with Gasteiger partial charge in [-0.3, -0.25) is 9.59 Å². The van der Waals surface area contributed by atoms with Gasteiger partial charge in [0, 0.05) is 13.1 Å². The summed E-state index contributed by atoms with van der Waals surface area (Å²) in [5.41, 5.74) is 0.447. The fourth-order valence-electron chi connectivity index (χ4n) is 2.66. The number of carboxylic acid groups (broad SMARTS) is 1. The highest BCUT2D eigenvalue weighted by molar-refractivity contribution is 5.97. The zero-order valence-electron chi connectivity index (χ0n) is 12.9. The van der Waals surface area contributed by atoms with Crippen LogP contribution in [0.2, 0.25) is 0 Å². The van der Waals surface area contributed by atoms with Crippen molar-refractivity contribution >= 4 is 24.3 Å². The zero-order valence-corrected chi connectivity index (χ0v) is 13.7. The van der Waals surface area contributed by atoms with Gasteiger partial charge >= 0.3 is 5.97 Å². The quantitative estimate of drug-likeness (QED) is 0.919. The summed E-state index contributed by atoms with van der Waals surface area (Å²) in [6.07, 6.45) is 0.489. The number of aliphatic carboxylic acids is 1. The first-order chi connectivity index (χ1) is 11.1. The Hall–Kier alpha value is -2.53. The molecule has 0 saturated carbocycles. The second-order valence-electron chi connectivity index (χ2n) is 5.49. The van der Waals surface area contributed by atoms with Crippen LogP contribution in [0, 0.1) is 5.92 Å². The van der Waals surface area contributed by atoms with Gasteiger partial charge in [0.2, 0.25) is 0 Å². The molecular weight excluding hydrogens is 330 g/mol. The monoisotopic (exact) mass is 347 g/mol. The highest BCUT2D eigenvalue weighted by Crippen LogP contribution is 2.28. The van der Waals surface area contributed by atoms with Gasteiger partial charge in [0.1, 0.15) is 11.5 Å². The highest BCUT2D eigenvalue weighted by Gasteiger charge is 2.32. The summed E-state index contributed by atoms with van der Waals surface area (Å²) in [7, 11) is 0. The number of ether oxygens (including phenoxy) is 1. The molecular formula is C18H18ClNO4. The van der Waals surface area contributed by atoms with E-state index in [0.29, 0.717) is 30.0 Å². The number of nitrogens with zero attached hydrogens (tertiary/aromatic N) is 1. The number of para-hydroxylation sites is 2. The first kappa shape index (κ1) is 17.8. The molecule has 1 amide bonds. The van der Waals surface area contributed by atoms with Crippen LogP contribution in [0.25, 0.3) is 0 Å². The topological polar surface area (TPSA) is 66.8 Å². The minimum Gasteiger partial charge on any atom is -0.481 e. The molecule has 0 spiro atoms. The Morgan fingerprint density at radius 1 is 1.04 bits per heavy atom. The number of amides is 1. The smallest absolute Gasteiger partial charge is 0.308 e. The van der Waals surface area contributed by atoms with Crippen molar-refractivity contribution in [3.63, 3.8) is 0 Å². The molecule has 0 radical (unpaired) electrons. The van der Waals surface area contributed by atoms with Gasteiger partial charge < -0.3 is 14.7 Å². The number of halogens is 1. The van der Waals surface area contributed by atoms with Crippen LogP contribution in [0.4, 0.5) is 0 Å². The van der Waals surface area contributed by atoms with Crippen LogP contribution in [0.3, 0.4) is 0 Å². The lowest BCUT2D eigenvalue weighted by molar-refractivity contribution is -0.141. The summed E-state index contributed by atoms with van der Waals surface area (Å²) in [6, 6.07) is 16.3. The van der Waals surface area contributed by atoms with Crippen LogP contribution in [-0.2, 0) is 4.79 Å². The molecule has 1 fully saturated rings. The lowest BCUT2D eigenvalue weighted by Gasteiger charge is -2.18. The van der Waals surface area contributed by atoms with Crippen LogP contribution >= 0.6 is 12.4 Å². The molecule has 2 aromatic carbocycles. The number of rotatable bonds is 4. The highest BCUT2D eigenvalue weighted by atomic mass is 35.5. The third-order valence-electron chi connectivity index (χ3n) is 3.91. The number of likely N-dealkylation sites (tertiary alicyclic amines) is 1. The molecule has 1 unspecified atom stereocenters. The molecule has 0 aromatic heterocycles. The number of hydrogen-bond donors (Lipinski definition) is 1. The first-order valence-corrected chi connectivity index (χ1v) is 7.49. The first-order valence-electron chi connectivity index (χ1n) is 7.49. The Labute approximate surface area is 146 Å². The molecule has 1 aliphatic rings. The third-order valence-corrected chi connectivity index (χ3v) is 3.91. The molecule has 24 heavy (non-hydrogen) atoms. The van der Waals surface area contributed by atoms with Crippen LogP contribution in [0.15, 0.2) is 54.6 Å². The number of benzene rings is 2. The number of carboxylic acids is 1. The van der Waals surface area contributed by atoms with Gasteiger partial charge in [-0.1, -0.05) is 30.3 Å². The normalized spacial score (nSPS) is 16.3. The minimum absolute atomic E-state index is 0. The summed E-state index contributed by atoms with van der Waals surface area (Å²) < 4.78 is 5.80. The summed E-state index contributed by atoms with van der Waals surface area (Å²) in [5.74, 6) is -0.407. The molecule has 2 aromatic rings. The third kappa shape index (κ3) is 3.86. The van der Waals surface area contributed by atoms with Crippen molar-refractivity contribution in [3.05, 3.63) is 60.2 Å². The fraction of sp³-hybridized carbons (Fsp3) is 0.222. The van der Waals surface area contributed by atoms with Crippen molar-refractivity contribution < 1.29 is 19.4 Å². The van der Waals surface area contributed by atoms with Gasteiger partial charge in [-0.2, -0.15) is 0 Å². The molecule has 0 aliphatic carbocycles. The Kier molecular flexibility index (Phi) is 5.82. The lowest BCUT2D eigenvalue weighted by Crippen LogP contribution is -2.30. The van der Waals surface area contributed by atoms with Crippen molar-refractivity contribution in [2.24, 2.45) is 5.92 Å². The van der Waals surface area contributed by atoms with E-state index in [1.165, 1.54) is 0 Å². The predicted octanol–water partition coefficient (Wildman–Crippen LogP) is 3.45. The van der Waals surface area contributed by atoms with Crippen LogP contribution < -0.4 is 4.74 Å². The van der Waals surface area contributed by atoms with E-state index in [0.717, 1.165) is 0 Å². The second kappa shape index (κ2) is 7.84. The van der Waals surface area contributed by atoms with Gasteiger partial charge in [-0.05, 0) is 30.7 Å². The largest absolute Gasteiger partial charge is 0.481 e. The molecule has 5 nitrogen and oxygen atoms in total. The Bertz CT molecular complexity index is 720. The Morgan fingerprint density at radius 3 is 2.38 bits per heavy atom. The van der Waals surface area contributed by atoms with E-state index in [2.05, 4.69) is 0 Å². The van der Waals surface area contributed by atoms with Crippen molar-refractivity contribution in [3.8, 4) is 11.5 Å². The molecule has 1 saturated heterocycles. The Balaban J connectivity index is 0.00000208. The zero-order chi connectivity index (χ0) is 16.2. The molecule has 1 heterocycles. The van der Waals surface area contributed by atoms with Gasteiger partial charge in [-0.15, -0.1) is 12.4 Å². The van der Waals surface area contributed by atoms with E-state index in [9.17, 15) is 9.59 Å². The van der Waals surface area contributed by atoms with Crippen molar-refractivity contribution in [1.82, 2.24) is 4.90 Å². The second-order valence-corrected chi connectivity index (χ2v) is 5.49. The van der Waals surface area contributed by atoms with Gasteiger partial charge in [0.05, 0.1) is 11.5 Å². The van der Waals surface area contributed by atoms with E-state index in [4.69, 9.17) is 9.84 Å². The number of carbonyl (C=O) groups is 2. The Morgan fingerprint density at radius 2 is 1.71 bits per heavy atom. The lowest BCUT2D eigenvalue weighted by atomic mass is 10.1. The summed E-state index contributed by atoms with van der Waals surface area (Å²) in [5, 5.41) is 9.07. The van der Waals surface area contributed by atoms with E-state index in [1.807, 2.05) is 30.3 Å². The SMILES string of the molecule is Cl.O=C(O)C1CCN(C(=O)c2ccccc2Oc2ccccc2)C1. The van der Waals surface area contributed by atoms with Crippen molar-refractivity contribution in [2.75, 3.05) is 13.1 Å². The minimum atomic E-state index is -0.853. The molecule has 126 valence electrons. The van der Waals surface area contributed by atoms with Gasteiger partial charge in [-0.25, -0.2) is 0 Å². The van der Waals surface area contributed by atoms with E-state index >= 15 is 0 Å². The van der Waals surface area contributed by atoms with Crippen LogP contribution in [0.1, 0.15) is 16.8 Å². The summed E-state index contributed by atoms with van der Waals surface area (Å²) in [4.78, 5) is 25.3. The van der Waals surface area contributed by atoms with Crippen molar-refractivity contribution in [2.45, 2.75) is 6.42 Å². The van der Waals surface area contributed by atoms with Crippen molar-refractivity contribution in [1.29, 1.82) is 0 Å². The average molecular weight is 348 g/mol. The molecule has 6 heteroatoms. The maximum atomic E-state index is 12.7. The van der Waals surface area contributed by atoms with E-state index in [-0.39, 0.29) is 24.9 Å². The van der Waals surface area contributed by atoms with Gasteiger partial charge in [0.25, 0.3) is 5.91 Å². The standard InChI is InChI=1S/C18H17NO4.ClH/c20-17(19-11-10-13(12-19)18(21)22)15-8-4-5-9-16(15)23-14-6-2-1-3-7-14;/h1-9,13H,10-12H2,(H,21,22);1H. The van der Waals surface area contributed by atoms with E-state index < -0.39 is 11.9 Å². The molecule has 1 aliphatic heterocycles. The maximum Gasteiger partial charge on any atom is 0.308 e. The predicted molar refractivity (Wildman–Crippen MR) is 91.9 cm³/mol. The van der Waals surface area contributed by atoms with Crippen LogP contribution in [-0.4, -0.2) is 35.0 Å². The number of hydrogen-bond acceptors (Lipinski definition) is 3. The molecule has 1 N–H and O–H groups in total. The fourth-order valence-corrected chi connectivity index (χ4v) is 2.66. The molecule has 3 rings (SSSR count). The number of carbonyl (C=O) groups excluding carboxylic acids is 1. The van der Waals surface area contributed by atoms with E-state index in [1.54, 1.807) is 29.2 Å². The molecule has 0 bridgehead atoms. The molecule has 1 atom stereocenters. The average Bonchev–Trinajstić information content (AvgIpc) is 3.06. The van der Waals surface area contributed by atoms with Crippen LogP contribution in [0.5, 0.6) is 11.5 Å². The summed E-state index contributed by atoms with van der Waals surface area (Å²) >= 11 is 0. The maximum absolute atomic E-state index is 12.7. The van der Waals surface area contributed by atoms with Gasteiger partial charge in [0.15, 0.2) is 0 Å². The summed E-state index contributed by atoms with van der Waals surface area (Å²) in [6.45, 7) is 0.698.